The second-order valence-electron chi connectivity index (χ2n) is 4.80. The molecule has 1 aromatic rings. The van der Waals surface area contributed by atoms with Gasteiger partial charge in [0.2, 0.25) is 5.91 Å². The standard InChI is InChI=1S/C14H20N2O2/c1-2-10(8-15)14(18)16-6-5-11-3-4-13(17)7-12(11)9-16/h3-4,7,10,17H,2,5-6,8-9,15H2,1H3. The van der Waals surface area contributed by atoms with Gasteiger partial charge in [-0.05, 0) is 36.1 Å². The normalized spacial score (nSPS) is 16.2. The van der Waals surface area contributed by atoms with Crippen LogP contribution < -0.4 is 5.73 Å². The summed E-state index contributed by atoms with van der Waals surface area (Å²) in [5, 5.41) is 9.49. The molecule has 0 spiro atoms. The Kier molecular flexibility index (Phi) is 3.87. The molecule has 0 fully saturated rings. The van der Waals surface area contributed by atoms with Crippen molar-refractivity contribution in [1.29, 1.82) is 0 Å². The van der Waals surface area contributed by atoms with Gasteiger partial charge >= 0.3 is 0 Å². The van der Waals surface area contributed by atoms with E-state index in [2.05, 4.69) is 0 Å². The van der Waals surface area contributed by atoms with E-state index in [1.54, 1.807) is 12.1 Å². The molecule has 0 radical (unpaired) electrons. The largest absolute Gasteiger partial charge is 0.508 e. The van der Waals surface area contributed by atoms with E-state index in [1.807, 2.05) is 17.9 Å². The number of aromatic hydroxyl groups is 1. The maximum Gasteiger partial charge on any atom is 0.227 e. The van der Waals surface area contributed by atoms with Crippen LogP contribution in [0.4, 0.5) is 0 Å². The molecule has 1 amide bonds. The highest BCUT2D eigenvalue weighted by Crippen LogP contribution is 2.24. The average Bonchev–Trinajstić information content (AvgIpc) is 2.39. The highest BCUT2D eigenvalue weighted by molar-refractivity contribution is 5.79. The summed E-state index contributed by atoms with van der Waals surface area (Å²) < 4.78 is 0. The number of amides is 1. The molecule has 18 heavy (non-hydrogen) atoms. The van der Waals surface area contributed by atoms with E-state index in [4.69, 9.17) is 5.73 Å². The van der Waals surface area contributed by atoms with Crippen molar-refractivity contribution in [2.45, 2.75) is 26.3 Å². The van der Waals surface area contributed by atoms with Crippen molar-refractivity contribution in [3.8, 4) is 5.75 Å². The molecule has 0 saturated heterocycles. The van der Waals surface area contributed by atoms with E-state index in [9.17, 15) is 9.90 Å². The van der Waals surface area contributed by atoms with Crippen molar-refractivity contribution in [3.05, 3.63) is 29.3 Å². The maximum atomic E-state index is 12.2. The van der Waals surface area contributed by atoms with Gasteiger partial charge in [-0.15, -0.1) is 0 Å². The first kappa shape index (κ1) is 12.9. The summed E-state index contributed by atoms with van der Waals surface area (Å²) in [6.07, 6.45) is 1.63. The fourth-order valence-corrected chi connectivity index (χ4v) is 2.43. The summed E-state index contributed by atoms with van der Waals surface area (Å²) in [5.41, 5.74) is 7.89. The molecule has 4 nitrogen and oxygen atoms in total. The first-order chi connectivity index (χ1) is 8.65. The Morgan fingerprint density at radius 2 is 2.28 bits per heavy atom. The van der Waals surface area contributed by atoms with Crippen molar-refractivity contribution in [3.63, 3.8) is 0 Å². The van der Waals surface area contributed by atoms with Crippen LogP contribution in [0.15, 0.2) is 18.2 Å². The topological polar surface area (TPSA) is 66.6 Å². The van der Waals surface area contributed by atoms with Gasteiger partial charge < -0.3 is 15.7 Å². The van der Waals surface area contributed by atoms with Gasteiger partial charge in [0.15, 0.2) is 0 Å². The molecule has 0 bridgehead atoms. The molecule has 1 atom stereocenters. The van der Waals surface area contributed by atoms with Crippen LogP contribution in [0, 0.1) is 5.92 Å². The Bertz CT molecular complexity index is 441. The predicted octanol–water partition coefficient (Wildman–Crippen LogP) is 1.26. The second-order valence-corrected chi connectivity index (χ2v) is 4.80. The van der Waals surface area contributed by atoms with Crippen LogP contribution in [0.25, 0.3) is 0 Å². The van der Waals surface area contributed by atoms with E-state index in [1.165, 1.54) is 5.56 Å². The molecule has 1 aliphatic rings. The fourth-order valence-electron chi connectivity index (χ4n) is 2.43. The second kappa shape index (κ2) is 5.40. The summed E-state index contributed by atoms with van der Waals surface area (Å²) in [6, 6.07) is 5.38. The molecule has 0 aliphatic carbocycles. The van der Waals surface area contributed by atoms with Gasteiger partial charge in [0.1, 0.15) is 5.75 Å². The van der Waals surface area contributed by atoms with Crippen LogP contribution in [0.2, 0.25) is 0 Å². The van der Waals surface area contributed by atoms with Crippen molar-refractivity contribution >= 4 is 5.91 Å². The van der Waals surface area contributed by atoms with E-state index in [0.29, 0.717) is 13.1 Å². The number of phenols is 1. The Labute approximate surface area is 107 Å². The third-order valence-electron chi connectivity index (χ3n) is 3.64. The number of phenolic OH excluding ortho intramolecular Hbond substituents is 1. The smallest absolute Gasteiger partial charge is 0.227 e. The third-order valence-corrected chi connectivity index (χ3v) is 3.64. The number of fused-ring (bicyclic) bond motifs is 1. The molecule has 1 aliphatic heterocycles. The molecule has 1 aromatic carbocycles. The zero-order valence-electron chi connectivity index (χ0n) is 10.7. The van der Waals surface area contributed by atoms with E-state index in [0.717, 1.165) is 24.9 Å². The van der Waals surface area contributed by atoms with Crippen molar-refractivity contribution in [2.24, 2.45) is 11.7 Å². The Balaban J connectivity index is 2.14. The molecule has 1 heterocycles. The molecular weight excluding hydrogens is 228 g/mol. The molecule has 1 unspecified atom stereocenters. The quantitative estimate of drug-likeness (QED) is 0.846. The van der Waals surface area contributed by atoms with Crippen molar-refractivity contribution in [2.75, 3.05) is 13.1 Å². The Morgan fingerprint density at radius 3 is 2.94 bits per heavy atom. The van der Waals surface area contributed by atoms with Crippen LogP contribution >= 0.6 is 0 Å². The van der Waals surface area contributed by atoms with Crippen LogP contribution in [-0.4, -0.2) is 29.0 Å². The number of nitrogens with zero attached hydrogens (tertiary/aromatic N) is 1. The monoisotopic (exact) mass is 248 g/mol. The number of carbonyl (C=O) groups is 1. The SMILES string of the molecule is CCC(CN)C(=O)N1CCc2ccc(O)cc2C1. The van der Waals surface area contributed by atoms with Crippen LogP contribution in [-0.2, 0) is 17.8 Å². The number of carbonyl (C=O) groups excluding carboxylic acids is 1. The van der Waals surface area contributed by atoms with Crippen LogP contribution in [0.1, 0.15) is 24.5 Å². The van der Waals surface area contributed by atoms with Gasteiger partial charge in [0.05, 0.1) is 5.92 Å². The lowest BCUT2D eigenvalue weighted by Gasteiger charge is -2.31. The Morgan fingerprint density at radius 1 is 1.50 bits per heavy atom. The van der Waals surface area contributed by atoms with Gasteiger partial charge in [-0.25, -0.2) is 0 Å². The molecule has 98 valence electrons. The molecule has 0 aromatic heterocycles. The minimum Gasteiger partial charge on any atom is -0.508 e. The summed E-state index contributed by atoms with van der Waals surface area (Å²) in [4.78, 5) is 14.1. The van der Waals surface area contributed by atoms with Gasteiger partial charge in [0, 0.05) is 19.6 Å². The van der Waals surface area contributed by atoms with Crippen LogP contribution in [0.3, 0.4) is 0 Å². The van der Waals surface area contributed by atoms with Gasteiger partial charge in [-0.2, -0.15) is 0 Å². The van der Waals surface area contributed by atoms with Crippen molar-refractivity contribution in [1.82, 2.24) is 4.90 Å². The minimum atomic E-state index is -0.0798. The Hall–Kier alpha value is -1.55. The summed E-state index contributed by atoms with van der Waals surface area (Å²) in [7, 11) is 0. The number of nitrogens with two attached hydrogens (primary N) is 1. The number of hydrogen-bond acceptors (Lipinski definition) is 3. The summed E-state index contributed by atoms with van der Waals surface area (Å²) in [5.74, 6) is 0.312. The maximum absolute atomic E-state index is 12.2. The zero-order valence-corrected chi connectivity index (χ0v) is 10.7. The minimum absolute atomic E-state index is 0.0798. The number of rotatable bonds is 3. The van der Waals surface area contributed by atoms with Gasteiger partial charge in [-0.3, -0.25) is 4.79 Å². The number of hydrogen-bond donors (Lipinski definition) is 2. The highest BCUT2D eigenvalue weighted by Gasteiger charge is 2.25. The summed E-state index contributed by atoms with van der Waals surface area (Å²) >= 11 is 0. The lowest BCUT2D eigenvalue weighted by Crippen LogP contribution is -2.41. The first-order valence-electron chi connectivity index (χ1n) is 6.45. The molecule has 4 heteroatoms. The average molecular weight is 248 g/mol. The highest BCUT2D eigenvalue weighted by atomic mass is 16.3. The van der Waals surface area contributed by atoms with Crippen LogP contribution in [0.5, 0.6) is 5.75 Å². The molecular formula is C14H20N2O2. The number of benzene rings is 1. The summed E-state index contributed by atoms with van der Waals surface area (Å²) in [6.45, 7) is 3.71. The predicted molar refractivity (Wildman–Crippen MR) is 70.1 cm³/mol. The molecule has 0 saturated carbocycles. The molecule has 3 N–H and O–H groups in total. The van der Waals surface area contributed by atoms with E-state index >= 15 is 0 Å². The van der Waals surface area contributed by atoms with Crippen molar-refractivity contribution < 1.29 is 9.90 Å². The fraction of sp³-hybridized carbons (Fsp3) is 0.500. The van der Waals surface area contributed by atoms with E-state index < -0.39 is 0 Å². The molecule has 2 rings (SSSR count). The zero-order chi connectivity index (χ0) is 13.1. The first-order valence-corrected chi connectivity index (χ1v) is 6.45. The lowest BCUT2D eigenvalue weighted by molar-refractivity contribution is -0.136. The van der Waals surface area contributed by atoms with Gasteiger partial charge in [0.25, 0.3) is 0 Å². The lowest BCUT2D eigenvalue weighted by atomic mass is 9.97. The third kappa shape index (κ3) is 2.48. The van der Waals surface area contributed by atoms with Gasteiger partial charge in [-0.1, -0.05) is 13.0 Å². The van der Waals surface area contributed by atoms with E-state index in [-0.39, 0.29) is 17.6 Å².